The van der Waals surface area contributed by atoms with Crippen molar-refractivity contribution in [2.75, 3.05) is 69.7 Å². The number of aryl methyl sites for hydroxylation is 1. The Kier molecular flexibility index (Phi) is 11.2. The van der Waals surface area contributed by atoms with Gasteiger partial charge in [-0.3, -0.25) is 19.3 Å². The Hall–Kier alpha value is -4.84. The monoisotopic (exact) mass is 705 g/mol. The van der Waals surface area contributed by atoms with E-state index in [9.17, 15) is 14.4 Å². The molecule has 2 aliphatic rings. The average Bonchev–Trinajstić information content (AvgIpc) is 3.15. The van der Waals surface area contributed by atoms with Gasteiger partial charge < -0.3 is 29.7 Å². The topological polar surface area (TPSA) is 112 Å². The van der Waals surface area contributed by atoms with Gasteiger partial charge in [0.05, 0.1) is 18.9 Å². The molecule has 2 N–H and O–H groups in total. The molecular weight excluding hydrogens is 654 g/mol. The highest BCUT2D eigenvalue weighted by Gasteiger charge is 2.34. The summed E-state index contributed by atoms with van der Waals surface area (Å²) in [5, 5.41) is 6.29. The molecule has 6 rings (SSSR count). The molecule has 52 heavy (non-hydrogen) atoms. The van der Waals surface area contributed by atoms with Gasteiger partial charge in [-0.15, -0.1) is 0 Å². The van der Waals surface area contributed by atoms with Crippen LogP contribution in [0.2, 0.25) is 0 Å². The van der Waals surface area contributed by atoms with Gasteiger partial charge in [-0.05, 0) is 65.9 Å². The lowest BCUT2D eigenvalue weighted by molar-refractivity contribution is -0.142. The van der Waals surface area contributed by atoms with Crippen molar-refractivity contribution < 1.29 is 14.3 Å². The number of ether oxygens (including phenoxy) is 1. The number of piperazine rings is 1. The van der Waals surface area contributed by atoms with E-state index >= 15 is 0 Å². The summed E-state index contributed by atoms with van der Waals surface area (Å²) >= 11 is 0. The van der Waals surface area contributed by atoms with Crippen molar-refractivity contribution in [3.05, 3.63) is 106 Å². The van der Waals surface area contributed by atoms with Gasteiger partial charge in [0.2, 0.25) is 5.91 Å². The molecule has 0 saturated carbocycles. The molecule has 0 bridgehead atoms. The number of carbonyl (C=O) groups excluding carboxylic acids is 2. The summed E-state index contributed by atoms with van der Waals surface area (Å²) in [5.74, 6) is 0.0821. The first kappa shape index (κ1) is 36.9. The van der Waals surface area contributed by atoms with Gasteiger partial charge in [0.15, 0.2) is 5.82 Å². The van der Waals surface area contributed by atoms with Crippen LogP contribution in [0.1, 0.15) is 60.8 Å². The second-order valence-corrected chi connectivity index (χ2v) is 14.7. The van der Waals surface area contributed by atoms with Crippen LogP contribution >= 0.6 is 0 Å². The van der Waals surface area contributed by atoms with Gasteiger partial charge in [-0.25, -0.2) is 4.98 Å². The summed E-state index contributed by atoms with van der Waals surface area (Å²) in [4.78, 5) is 51.8. The largest absolute Gasteiger partial charge is 0.378 e. The number of rotatable bonds is 9. The van der Waals surface area contributed by atoms with Crippen molar-refractivity contribution in [1.29, 1.82) is 0 Å². The molecule has 0 radical (unpaired) electrons. The van der Waals surface area contributed by atoms with E-state index in [1.165, 1.54) is 4.57 Å². The van der Waals surface area contributed by atoms with E-state index in [1.807, 2.05) is 78.6 Å². The summed E-state index contributed by atoms with van der Waals surface area (Å²) in [7, 11) is 1.70. The van der Waals surface area contributed by atoms with Crippen LogP contribution in [0, 0.1) is 6.92 Å². The van der Waals surface area contributed by atoms with Gasteiger partial charge >= 0.3 is 0 Å². The number of morpholine rings is 1. The van der Waals surface area contributed by atoms with Crippen molar-refractivity contribution in [2.24, 2.45) is 7.05 Å². The number of likely N-dealkylation sites (N-methyl/N-ethyl adjacent to an activating group) is 1. The van der Waals surface area contributed by atoms with Crippen molar-refractivity contribution in [2.45, 2.75) is 46.1 Å². The maximum absolute atomic E-state index is 13.9. The fourth-order valence-electron chi connectivity index (χ4n) is 6.87. The highest BCUT2D eigenvalue weighted by molar-refractivity contribution is 6.05. The van der Waals surface area contributed by atoms with Crippen molar-refractivity contribution in [3.63, 3.8) is 0 Å². The standard InChI is InChI=1S/C41H51N7O4/c1-7-46-19-21-47(22-20-46)36(39(50)48-23-25-52-26-24-48)29-13-17-32(18-14-29)42-37-40(51)45(6)27-35(43-37)33-9-8-10-34(28(33)2)44-38(49)30-11-15-31(16-12-30)41(3,4)5/h8-18,27,36H,7,19-26H2,1-6H3,(H,42,43)(H,44,49). The van der Waals surface area contributed by atoms with Gasteiger partial charge in [0, 0.05) is 75.0 Å². The maximum Gasteiger partial charge on any atom is 0.293 e. The molecule has 1 unspecified atom stereocenters. The maximum atomic E-state index is 13.9. The van der Waals surface area contributed by atoms with Crippen molar-refractivity contribution >= 4 is 29.0 Å². The lowest BCUT2D eigenvalue weighted by Gasteiger charge is -2.40. The first-order valence-electron chi connectivity index (χ1n) is 18.2. The first-order valence-corrected chi connectivity index (χ1v) is 18.2. The number of benzene rings is 3. The molecule has 2 aliphatic heterocycles. The highest BCUT2D eigenvalue weighted by atomic mass is 16.5. The van der Waals surface area contributed by atoms with E-state index < -0.39 is 0 Å². The zero-order chi connectivity index (χ0) is 37.0. The Labute approximate surface area is 306 Å². The molecule has 4 aromatic rings. The molecule has 1 atom stereocenters. The number of carbonyl (C=O) groups is 2. The van der Waals surface area contributed by atoms with Crippen LogP contribution in [0.25, 0.3) is 11.3 Å². The predicted octanol–water partition coefficient (Wildman–Crippen LogP) is 5.59. The van der Waals surface area contributed by atoms with E-state index in [-0.39, 0.29) is 34.6 Å². The Morgan fingerprint density at radius 3 is 2.21 bits per heavy atom. The van der Waals surface area contributed by atoms with E-state index in [2.05, 4.69) is 48.1 Å². The fraction of sp³-hybridized carbons (Fsp3) is 0.415. The molecular formula is C41H51N7O4. The molecule has 1 aromatic heterocycles. The quantitative estimate of drug-likeness (QED) is 0.232. The summed E-state index contributed by atoms with van der Waals surface area (Å²) in [6.07, 6.45) is 1.70. The number of hydrogen-bond acceptors (Lipinski definition) is 8. The van der Waals surface area contributed by atoms with Crippen LogP contribution in [-0.4, -0.2) is 95.1 Å². The molecule has 11 heteroatoms. The lowest BCUT2D eigenvalue weighted by atomic mass is 9.86. The third-order valence-electron chi connectivity index (χ3n) is 10.2. The normalized spacial score (nSPS) is 16.4. The van der Waals surface area contributed by atoms with E-state index in [1.54, 1.807) is 13.2 Å². The minimum absolute atomic E-state index is 0.00323. The number of nitrogens with one attached hydrogen (secondary N) is 2. The second-order valence-electron chi connectivity index (χ2n) is 14.7. The Bertz CT molecular complexity index is 1940. The molecule has 0 spiro atoms. The lowest BCUT2D eigenvalue weighted by Crippen LogP contribution is -2.53. The number of anilines is 3. The molecule has 11 nitrogen and oxygen atoms in total. The third-order valence-corrected chi connectivity index (χ3v) is 10.2. The number of aromatic nitrogens is 2. The van der Waals surface area contributed by atoms with Gasteiger partial charge in [0.1, 0.15) is 6.04 Å². The summed E-state index contributed by atoms with van der Waals surface area (Å²) in [6.45, 7) is 17.3. The van der Waals surface area contributed by atoms with Crippen LogP contribution in [0.3, 0.4) is 0 Å². The molecule has 274 valence electrons. The van der Waals surface area contributed by atoms with Crippen molar-refractivity contribution in [3.8, 4) is 11.3 Å². The summed E-state index contributed by atoms with van der Waals surface area (Å²) < 4.78 is 7.03. The summed E-state index contributed by atoms with van der Waals surface area (Å²) in [5.41, 5.74) is 5.95. The molecule has 2 amide bonds. The Morgan fingerprint density at radius 2 is 1.58 bits per heavy atom. The minimum Gasteiger partial charge on any atom is -0.378 e. The smallest absolute Gasteiger partial charge is 0.293 e. The van der Waals surface area contributed by atoms with Crippen LogP contribution in [0.5, 0.6) is 0 Å². The predicted molar refractivity (Wildman–Crippen MR) is 206 cm³/mol. The van der Waals surface area contributed by atoms with E-state index in [0.29, 0.717) is 48.9 Å². The summed E-state index contributed by atoms with van der Waals surface area (Å²) in [6, 6.07) is 20.7. The fourth-order valence-corrected chi connectivity index (χ4v) is 6.87. The SMILES string of the molecule is CCN1CCN(C(C(=O)N2CCOCC2)c2ccc(Nc3nc(-c4cccc(NC(=O)c5ccc(C(C)(C)C)cc5)c4C)cn(C)c3=O)cc2)CC1. The minimum atomic E-state index is -0.390. The molecule has 0 aliphatic carbocycles. The number of amides is 2. The Morgan fingerprint density at radius 1 is 0.904 bits per heavy atom. The third kappa shape index (κ3) is 8.28. The van der Waals surface area contributed by atoms with E-state index in [0.717, 1.165) is 55.0 Å². The van der Waals surface area contributed by atoms with Gasteiger partial charge in [-0.1, -0.05) is 64.1 Å². The van der Waals surface area contributed by atoms with Gasteiger partial charge in [-0.2, -0.15) is 0 Å². The Balaban J connectivity index is 1.22. The van der Waals surface area contributed by atoms with Crippen LogP contribution in [0.4, 0.5) is 17.2 Å². The zero-order valence-corrected chi connectivity index (χ0v) is 31.2. The zero-order valence-electron chi connectivity index (χ0n) is 31.2. The molecule has 2 saturated heterocycles. The average molecular weight is 706 g/mol. The van der Waals surface area contributed by atoms with Gasteiger partial charge in [0.25, 0.3) is 11.5 Å². The van der Waals surface area contributed by atoms with Crippen LogP contribution < -0.4 is 16.2 Å². The highest BCUT2D eigenvalue weighted by Crippen LogP contribution is 2.30. The molecule has 2 fully saturated rings. The number of hydrogen-bond donors (Lipinski definition) is 2. The van der Waals surface area contributed by atoms with Crippen LogP contribution in [-0.2, 0) is 22.0 Å². The molecule has 3 heterocycles. The van der Waals surface area contributed by atoms with E-state index in [4.69, 9.17) is 9.72 Å². The van der Waals surface area contributed by atoms with Crippen LogP contribution in [0.15, 0.2) is 77.7 Å². The first-order chi connectivity index (χ1) is 24.9. The van der Waals surface area contributed by atoms with Crippen molar-refractivity contribution in [1.82, 2.24) is 24.3 Å². The second kappa shape index (κ2) is 15.8. The number of nitrogens with zero attached hydrogens (tertiary/aromatic N) is 5. The molecule has 3 aromatic carbocycles.